The quantitative estimate of drug-likeness (QED) is 0.122. The van der Waals surface area contributed by atoms with Gasteiger partial charge in [-0.1, -0.05) is 217 Å². The van der Waals surface area contributed by atoms with E-state index < -0.39 is 0 Å². The maximum absolute atomic E-state index is 2.56. The van der Waals surface area contributed by atoms with Crippen molar-refractivity contribution in [1.29, 1.82) is 0 Å². The van der Waals surface area contributed by atoms with E-state index >= 15 is 0 Å². The van der Waals surface area contributed by atoms with Crippen LogP contribution < -0.4 is 0 Å². The van der Waals surface area contributed by atoms with Crippen LogP contribution in [-0.4, -0.2) is 0 Å². The van der Waals surface area contributed by atoms with Crippen LogP contribution in [0.3, 0.4) is 0 Å². The van der Waals surface area contributed by atoms with Crippen LogP contribution in [0.2, 0.25) is 0 Å². The smallest absolute Gasteiger partial charge is 0.00255 e. The molecule has 372 valence electrons. The van der Waals surface area contributed by atoms with Gasteiger partial charge in [0.1, 0.15) is 0 Å². The Morgan fingerprint density at radius 3 is 0.882 bits per heavy atom. The Hall–Kier alpha value is -7.80. The van der Waals surface area contributed by atoms with Crippen LogP contribution >= 0.6 is 0 Å². The molecular weight excluding hydrogens is 913 g/mol. The minimum atomic E-state index is -0.0485. The summed E-state index contributed by atoms with van der Waals surface area (Å²) in [4.78, 5) is 0. The Balaban J connectivity index is 1.23. The summed E-state index contributed by atoms with van der Waals surface area (Å²) in [6, 6.07) is 75.8. The Kier molecular flexibility index (Phi) is 10.6. The lowest BCUT2D eigenvalue weighted by Gasteiger charge is -2.25. The zero-order chi connectivity index (χ0) is 52.8. The summed E-state index contributed by atoms with van der Waals surface area (Å²) in [5.74, 6) is 0. The molecule has 0 spiro atoms. The Bertz CT molecular complexity index is 4220. The third-order valence-corrected chi connectivity index (χ3v) is 16.9. The third-order valence-electron chi connectivity index (χ3n) is 16.9. The van der Waals surface area contributed by atoms with Crippen LogP contribution in [0.4, 0.5) is 0 Å². The molecule has 0 aliphatic heterocycles. The first-order valence-electron chi connectivity index (χ1n) is 27.5. The second-order valence-corrected chi connectivity index (χ2v) is 26.3. The van der Waals surface area contributed by atoms with E-state index in [2.05, 4.69) is 277 Å². The molecule has 0 aromatic heterocycles. The monoisotopic (exact) mass is 981 g/mol. The van der Waals surface area contributed by atoms with Crippen LogP contribution in [0, 0.1) is 0 Å². The van der Waals surface area contributed by atoms with Crippen LogP contribution in [0.15, 0.2) is 194 Å². The maximum atomic E-state index is 2.56. The number of fused-ring (bicyclic) bond motifs is 6. The lowest BCUT2D eigenvalue weighted by molar-refractivity contribution is 0.589. The zero-order valence-corrected chi connectivity index (χ0v) is 46.5. The van der Waals surface area contributed by atoms with Crippen molar-refractivity contribution in [1.82, 2.24) is 0 Å². The summed E-state index contributed by atoms with van der Waals surface area (Å²) in [5, 5.41) is 20.5. The summed E-state index contributed by atoms with van der Waals surface area (Å²) >= 11 is 0. The fraction of sp³-hybridized carbons (Fsp3) is 0.211. The molecule has 0 fully saturated rings. The van der Waals surface area contributed by atoms with E-state index in [9.17, 15) is 0 Å². The van der Waals surface area contributed by atoms with Crippen molar-refractivity contribution >= 4 is 86.2 Å². The van der Waals surface area contributed by atoms with Gasteiger partial charge in [-0.3, -0.25) is 0 Å². The number of hydrogen-bond donors (Lipinski definition) is 0. The van der Waals surface area contributed by atoms with E-state index in [1.54, 1.807) is 0 Å². The first-order valence-corrected chi connectivity index (χ1v) is 27.5. The standard InChI is InChI=1S/C76H68/c1-73(2,3)55-29-27-47-35-57(75(7,8)9)43-65(63(47)41-55)51-33-53-31-49(61-25-17-21-45-19-13-15-23-59(45)61)38-68-70-40-52(66-44-58(76(10,11)12)36-48-28-30-56(42-64(48)66)74(4,5)6)34-54-32-50(37-67(72(54)70)69(39-51)71(53)68)62-26-18-22-46-20-14-16-24-60(46)62/h13-44H,1-12H3. The molecular formula is C76H68. The van der Waals surface area contributed by atoms with E-state index in [1.807, 2.05) is 0 Å². The van der Waals surface area contributed by atoms with Crippen molar-refractivity contribution < 1.29 is 0 Å². The molecule has 0 saturated heterocycles. The molecule has 13 rings (SSSR count). The second kappa shape index (κ2) is 16.9. The van der Waals surface area contributed by atoms with Crippen LogP contribution in [0.25, 0.3) is 131 Å². The third kappa shape index (κ3) is 7.95. The summed E-state index contributed by atoms with van der Waals surface area (Å²) in [7, 11) is 0. The second-order valence-electron chi connectivity index (χ2n) is 26.3. The van der Waals surface area contributed by atoms with Gasteiger partial charge in [-0.2, -0.15) is 0 Å². The van der Waals surface area contributed by atoms with Crippen molar-refractivity contribution in [3.63, 3.8) is 0 Å². The van der Waals surface area contributed by atoms with Gasteiger partial charge in [-0.15, -0.1) is 0 Å². The Morgan fingerprint density at radius 1 is 0.197 bits per heavy atom. The fourth-order valence-electron chi connectivity index (χ4n) is 12.5. The lowest BCUT2D eigenvalue weighted by Crippen LogP contribution is -2.12. The highest BCUT2D eigenvalue weighted by Crippen LogP contribution is 2.50. The molecule has 0 heteroatoms. The van der Waals surface area contributed by atoms with Crippen molar-refractivity contribution in [2.75, 3.05) is 0 Å². The van der Waals surface area contributed by atoms with E-state index in [1.165, 1.54) is 153 Å². The highest BCUT2D eigenvalue weighted by molar-refractivity contribution is 6.35. The number of benzene rings is 13. The maximum Gasteiger partial charge on any atom is -0.00255 e. The molecule has 0 radical (unpaired) electrons. The Morgan fingerprint density at radius 2 is 0.526 bits per heavy atom. The molecule has 0 bridgehead atoms. The lowest BCUT2D eigenvalue weighted by atomic mass is 9.79. The molecule has 13 aromatic carbocycles. The Labute approximate surface area is 449 Å². The molecule has 0 nitrogen and oxygen atoms in total. The molecule has 0 saturated carbocycles. The number of hydrogen-bond acceptors (Lipinski definition) is 0. The van der Waals surface area contributed by atoms with Crippen molar-refractivity contribution in [2.24, 2.45) is 0 Å². The minimum Gasteiger partial charge on any atom is -0.0616 e. The van der Waals surface area contributed by atoms with Gasteiger partial charge in [0.05, 0.1) is 0 Å². The predicted octanol–water partition coefficient (Wildman–Crippen LogP) is 22.2. The van der Waals surface area contributed by atoms with Crippen LogP contribution in [0.5, 0.6) is 0 Å². The average Bonchev–Trinajstić information content (AvgIpc) is 3.41. The molecule has 13 aromatic rings. The van der Waals surface area contributed by atoms with Gasteiger partial charge in [0.25, 0.3) is 0 Å². The topological polar surface area (TPSA) is 0 Å². The SMILES string of the molecule is CC(C)(C)c1cc(-c2cc3cc(-c4cccc5ccccc45)cc4c5cc(-c6cc(C(C)(C)C)cc7ccc(C(C)(C)C)cc67)cc6cc(-c7cccc8ccccc78)cc(c(c2)c34)c65)c2cc(C(C)(C)C)ccc2c1. The first-order chi connectivity index (χ1) is 36.2. The van der Waals surface area contributed by atoms with Crippen molar-refractivity contribution in [3.05, 3.63) is 216 Å². The molecule has 76 heavy (non-hydrogen) atoms. The first kappa shape index (κ1) is 47.9. The van der Waals surface area contributed by atoms with Gasteiger partial charge in [0, 0.05) is 0 Å². The van der Waals surface area contributed by atoms with E-state index in [-0.39, 0.29) is 21.7 Å². The minimum absolute atomic E-state index is 0.00273. The fourth-order valence-corrected chi connectivity index (χ4v) is 12.5. The molecule has 0 atom stereocenters. The molecule has 0 aliphatic carbocycles. The van der Waals surface area contributed by atoms with E-state index in [0.717, 1.165) is 0 Å². The zero-order valence-electron chi connectivity index (χ0n) is 46.5. The van der Waals surface area contributed by atoms with Crippen molar-refractivity contribution in [2.45, 2.75) is 105 Å². The van der Waals surface area contributed by atoms with Gasteiger partial charge >= 0.3 is 0 Å². The molecule has 0 unspecified atom stereocenters. The van der Waals surface area contributed by atoms with Gasteiger partial charge in [0.15, 0.2) is 0 Å². The molecule has 0 N–H and O–H groups in total. The summed E-state index contributed by atoms with van der Waals surface area (Å²) in [5.41, 5.74) is 15.3. The van der Waals surface area contributed by atoms with Gasteiger partial charge in [-0.25, -0.2) is 0 Å². The highest BCUT2D eigenvalue weighted by atomic mass is 14.3. The molecule has 0 heterocycles. The molecule has 0 amide bonds. The largest absolute Gasteiger partial charge is 0.0616 e. The molecule has 0 aliphatic rings. The van der Waals surface area contributed by atoms with E-state index in [4.69, 9.17) is 0 Å². The van der Waals surface area contributed by atoms with Crippen LogP contribution in [-0.2, 0) is 21.7 Å². The summed E-state index contributed by atoms with van der Waals surface area (Å²) < 4.78 is 0. The van der Waals surface area contributed by atoms with Gasteiger partial charge in [0.2, 0.25) is 0 Å². The normalized spacial score (nSPS) is 13.0. The number of rotatable bonds is 4. The average molecular weight is 981 g/mol. The van der Waals surface area contributed by atoms with Gasteiger partial charge < -0.3 is 0 Å². The van der Waals surface area contributed by atoms with Crippen molar-refractivity contribution in [3.8, 4) is 44.5 Å². The summed E-state index contributed by atoms with van der Waals surface area (Å²) in [6.45, 7) is 28.1. The predicted molar refractivity (Wildman–Crippen MR) is 334 cm³/mol. The highest BCUT2D eigenvalue weighted by Gasteiger charge is 2.25. The van der Waals surface area contributed by atoms with E-state index in [0.29, 0.717) is 0 Å². The summed E-state index contributed by atoms with van der Waals surface area (Å²) in [6.07, 6.45) is 0. The van der Waals surface area contributed by atoms with Crippen LogP contribution in [0.1, 0.15) is 105 Å². The van der Waals surface area contributed by atoms with Gasteiger partial charge in [-0.05, 0) is 235 Å².